The average Bonchev–Trinajstić information content (AvgIpc) is 2.99. The molecule has 3 aromatic rings. The zero-order chi connectivity index (χ0) is 19.6. The molecule has 0 saturated heterocycles. The van der Waals surface area contributed by atoms with Gasteiger partial charge in [-0.1, -0.05) is 18.2 Å². The maximum Gasteiger partial charge on any atom is 0.135 e. The number of para-hydroxylation sites is 1. The molecule has 0 fully saturated rings. The van der Waals surface area contributed by atoms with E-state index in [0.717, 1.165) is 16.9 Å². The van der Waals surface area contributed by atoms with Crippen LogP contribution in [-0.2, 0) is 5.54 Å². The summed E-state index contributed by atoms with van der Waals surface area (Å²) in [5.41, 5.74) is 8.05. The molecule has 3 rings (SSSR count). The van der Waals surface area contributed by atoms with Crippen molar-refractivity contribution < 1.29 is 9.47 Å². The van der Waals surface area contributed by atoms with E-state index in [4.69, 9.17) is 15.2 Å². The van der Waals surface area contributed by atoms with Gasteiger partial charge in [0.2, 0.25) is 0 Å². The van der Waals surface area contributed by atoms with Crippen molar-refractivity contribution in [1.29, 1.82) is 5.26 Å². The Morgan fingerprint density at radius 2 is 1.59 bits per heavy atom. The van der Waals surface area contributed by atoms with Crippen LogP contribution in [0.2, 0.25) is 0 Å². The van der Waals surface area contributed by atoms with Crippen LogP contribution in [0.3, 0.4) is 0 Å². The lowest BCUT2D eigenvalue weighted by Crippen LogP contribution is -2.22. The molecule has 0 atom stereocenters. The Hall–Kier alpha value is -3.39. The predicted molar refractivity (Wildman–Crippen MR) is 107 cm³/mol. The first-order valence-electron chi connectivity index (χ1n) is 8.68. The van der Waals surface area contributed by atoms with Crippen molar-refractivity contribution in [3.05, 3.63) is 60.3 Å². The quantitative estimate of drug-likeness (QED) is 0.696. The fraction of sp³-hybridized carbons (Fsp3) is 0.227. The minimum atomic E-state index is -0.236. The molecule has 0 radical (unpaired) electrons. The molecule has 2 N–H and O–H groups in total. The number of anilines is 1. The summed E-state index contributed by atoms with van der Waals surface area (Å²) in [5, 5.41) is 9.68. The molecular weight excluding hydrogens is 338 g/mol. The summed E-state index contributed by atoms with van der Waals surface area (Å²) in [7, 11) is 1.62. The van der Waals surface area contributed by atoms with Crippen molar-refractivity contribution in [2.45, 2.75) is 26.3 Å². The SMILES string of the molecule is COc1ccc(Oc2ccccc2-c2cn(C(C)(C)C)c(N)c2C#N)cc1. The van der Waals surface area contributed by atoms with Crippen molar-refractivity contribution in [2.75, 3.05) is 12.8 Å². The van der Waals surface area contributed by atoms with Crippen molar-refractivity contribution in [2.24, 2.45) is 0 Å². The van der Waals surface area contributed by atoms with Crippen LogP contribution >= 0.6 is 0 Å². The second kappa shape index (κ2) is 7.08. The summed E-state index contributed by atoms with van der Waals surface area (Å²) in [6.45, 7) is 6.15. The molecule has 0 unspecified atom stereocenters. The minimum absolute atomic E-state index is 0.236. The second-order valence-corrected chi connectivity index (χ2v) is 7.23. The van der Waals surface area contributed by atoms with E-state index in [1.165, 1.54) is 0 Å². The number of hydrogen-bond donors (Lipinski definition) is 1. The van der Waals surface area contributed by atoms with Crippen molar-refractivity contribution in [3.63, 3.8) is 0 Å². The Kier molecular flexibility index (Phi) is 4.83. The van der Waals surface area contributed by atoms with E-state index >= 15 is 0 Å². The van der Waals surface area contributed by atoms with E-state index in [9.17, 15) is 5.26 Å². The molecule has 0 amide bonds. The van der Waals surface area contributed by atoms with Crippen molar-refractivity contribution >= 4 is 5.82 Å². The third kappa shape index (κ3) is 3.61. The molecule has 0 aliphatic rings. The third-order valence-corrected chi connectivity index (χ3v) is 4.34. The van der Waals surface area contributed by atoms with Gasteiger partial charge >= 0.3 is 0 Å². The molecule has 0 saturated carbocycles. The van der Waals surface area contributed by atoms with Crippen LogP contribution in [0.25, 0.3) is 11.1 Å². The molecule has 0 aliphatic carbocycles. The summed E-state index contributed by atoms with van der Waals surface area (Å²) in [6, 6.07) is 17.2. The van der Waals surface area contributed by atoms with Crippen LogP contribution in [0, 0.1) is 11.3 Å². The van der Waals surface area contributed by atoms with Crippen LogP contribution in [0.1, 0.15) is 26.3 Å². The average molecular weight is 361 g/mol. The number of rotatable bonds is 4. The second-order valence-electron chi connectivity index (χ2n) is 7.23. The molecule has 1 heterocycles. The Balaban J connectivity index is 2.07. The van der Waals surface area contributed by atoms with Gasteiger partial charge in [0.1, 0.15) is 34.7 Å². The van der Waals surface area contributed by atoms with E-state index in [2.05, 4.69) is 6.07 Å². The Labute approximate surface area is 159 Å². The van der Waals surface area contributed by atoms with Crippen LogP contribution in [0.5, 0.6) is 17.2 Å². The van der Waals surface area contributed by atoms with Gasteiger partial charge in [0.25, 0.3) is 0 Å². The lowest BCUT2D eigenvalue weighted by Gasteiger charge is -2.22. The largest absolute Gasteiger partial charge is 0.497 e. The number of nitriles is 1. The molecule has 0 spiro atoms. The number of methoxy groups -OCH3 is 1. The van der Waals surface area contributed by atoms with Crippen molar-refractivity contribution in [3.8, 4) is 34.4 Å². The Morgan fingerprint density at radius 3 is 2.19 bits per heavy atom. The summed E-state index contributed by atoms with van der Waals surface area (Å²) in [4.78, 5) is 0. The van der Waals surface area contributed by atoms with Crippen LogP contribution in [0.15, 0.2) is 54.7 Å². The van der Waals surface area contributed by atoms with Crippen LogP contribution in [-0.4, -0.2) is 11.7 Å². The molecular formula is C22H23N3O2. The Morgan fingerprint density at radius 1 is 0.963 bits per heavy atom. The lowest BCUT2D eigenvalue weighted by atomic mass is 10.0. The van der Waals surface area contributed by atoms with Crippen LogP contribution in [0.4, 0.5) is 5.82 Å². The van der Waals surface area contributed by atoms with Crippen molar-refractivity contribution in [1.82, 2.24) is 4.57 Å². The van der Waals surface area contributed by atoms with Gasteiger partial charge in [-0.05, 0) is 51.1 Å². The fourth-order valence-electron chi connectivity index (χ4n) is 2.95. The van der Waals surface area contributed by atoms with Gasteiger partial charge < -0.3 is 19.8 Å². The molecule has 0 bridgehead atoms. The van der Waals surface area contributed by atoms with E-state index in [-0.39, 0.29) is 5.54 Å². The monoisotopic (exact) mass is 361 g/mol. The third-order valence-electron chi connectivity index (χ3n) is 4.34. The molecule has 2 aromatic carbocycles. The number of aromatic nitrogens is 1. The van der Waals surface area contributed by atoms with Gasteiger partial charge in [0.05, 0.1) is 7.11 Å². The number of benzene rings is 2. The number of nitrogen functional groups attached to an aromatic ring is 1. The van der Waals surface area contributed by atoms with E-state index in [1.54, 1.807) is 7.11 Å². The predicted octanol–water partition coefficient (Wildman–Crippen LogP) is 5.16. The summed E-state index contributed by atoms with van der Waals surface area (Å²) >= 11 is 0. The molecule has 5 heteroatoms. The van der Waals surface area contributed by atoms with Gasteiger partial charge in [0, 0.05) is 22.9 Å². The molecule has 1 aromatic heterocycles. The number of nitrogens with two attached hydrogens (primary N) is 1. The summed E-state index contributed by atoms with van der Waals surface area (Å²) < 4.78 is 13.2. The highest BCUT2D eigenvalue weighted by Crippen LogP contribution is 2.39. The van der Waals surface area contributed by atoms with E-state index < -0.39 is 0 Å². The Bertz CT molecular complexity index is 990. The van der Waals surface area contributed by atoms with Gasteiger partial charge in [-0.25, -0.2) is 0 Å². The smallest absolute Gasteiger partial charge is 0.135 e. The fourth-order valence-corrected chi connectivity index (χ4v) is 2.95. The number of hydrogen-bond acceptors (Lipinski definition) is 4. The summed E-state index contributed by atoms with van der Waals surface area (Å²) in [6.07, 6.45) is 1.92. The van der Waals surface area contributed by atoms with E-state index in [0.29, 0.717) is 22.9 Å². The highest BCUT2D eigenvalue weighted by atomic mass is 16.5. The first-order valence-corrected chi connectivity index (χ1v) is 8.68. The zero-order valence-corrected chi connectivity index (χ0v) is 16.0. The summed E-state index contributed by atoms with van der Waals surface area (Å²) in [5.74, 6) is 2.56. The van der Waals surface area contributed by atoms with Gasteiger partial charge in [-0.3, -0.25) is 0 Å². The molecule has 0 aliphatic heterocycles. The minimum Gasteiger partial charge on any atom is -0.497 e. The first-order chi connectivity index (χ1) is 12.8. The van der Waals surface area contributed by atoms with E-state index in [1.807, 2.05) is 80.1 Å². The van der Waals surface area contributed by atoms with Gasteiger partial charge in [-0.2, -0.15) is 5.26 Å². The number of nitrogens with zero attached hydrogens (tertiary/aromatic N) is 2. The first kappa shape index (κ1) is 18.4. The zero-order valence-electron chi connectivity index (χ0n) is 16.0. The topological polar surface area (TPSA) is 73.2 Å². The lowest BCUT2D eigenvalue weighted by molar-refractivity contribution is 0.404. The number of ether oxygens (including phenoxy) is 2. The van der Waals surface area contributed by atoms with Gasteiger partial charge in [0.15, 0.2) is 0 Å². The molecule has 27 heavy (non-hydrogen) atoms. The molecule has 138 valence electrons. The normalized spacial score (nSPS) is 11.1. The molecule has 5 nitrogen and oxygen atoms in total. The van der Waals surface area contributed by atoms with Crippen LogP contribution < -0.4 is 15.2 Å². The maximum absolute atomic E-state index is 9.68. The maximum atomic E-state index is 9.68. The highest BCUT2D eigenvalue weighted by molar-refractivity contribution is 5.80. The standard InChI is InChI=1S/C22H23N3O2/c1-22(2,3)25-14-19(18(13-23)21(25)24)17-7-5-6-8-20(17)27-16-11-9-15(26-4)10-12-16/h5-12,14H,24H2,1-4H3. The highest BCUT2D eigenvalue weighted by Gasteiger charge is 2.23. The van der Waals surface area contributed by atoms with Gasteiger partial charge in [-0.15, -0.1) is 0 Å².